The molecule has 1 saturated carbocycles. The molecule has 2 aliphatic rings. The molecule has 5 rings (SSSR count). The lowest BCUT2D eigenvalue weighted by Gasteiger charge is -2.16. The minimum Gasteiger partial charge on any atom is -0.396 e. The van der Waals surface area contributed by atoms with E-state index in [1.165, 1.54) is 10.7 Å². The van der Waals surface area contributed by atoms with Crippen molar-refractivity contribution in [1.82, 2.24) is 19.5 Å². The third-order valence-corrected chi connectivity index (χ3v) is 6.18. The summed E-state index contributed by atoms with van der Waals surface area (Å²) in [5, 5.41) is 24.9. The van der Waals surface area contributed by atoms with Crippen LogP contribution in [0.3, 0.4) is 0 Å². The normalized spacial score (nSPS) is 29.6. The quantitative estimate of drug-likeness (QED) is 0.722. The summed E-state index contributed by atoms with van der Waals surface area (Å²) in [4.78, 5) is 19.0. The highest BCUT2D eigenvalue weighted by atomic mass is 16.3. The average molecular weight is 364 g/mol. The smallest absolute Gasteiger partial charge is 0.274 e. The molecular weight excluding hydrogens is 344 g/mol. The van der Waals surface area contributed by atoms with Gasteiger partial charge in [-0.2, -0.15) is 5.10 Å². The van der Waals surface area contributed by atoms with E-state index in [9.17, 15) is 15.0 Å². The minimum atomic E-state index is -0.670. The molecule has 1 aliphatic heterocycles. The van der Waals surface area contributed by atoms with Crippen molar-refractivity contribution in [3.8, 4) is 0 Å². The van der Waals surface area contributed by atoms with E-state index in [1.807, 2.05) is 30.3 Å². The van der Waals surface area contributed by atoms with E-state index < -0.39 is 11.5 Å². The zero-order chi connectivity index (χ0) is 18.6. The highest BCUT2D eigenvalue weighted by molar-refractivity contribution is 5.93. The van der Waals surface area contributed by atoms with Gasteiger partial charge in [-0.1, -0.05) is 30.3 Å². The maximum Gasteiger partial charge on any atom is 0.274 e. The molecule has 2 aromatic heterocycles. The zero-order valence-corrected chi connectivity index (χ0v) is 14.6. The minimum absolute atomic E-state index is 0.00415. The summed E-state index contributed by atoms with van der Waals surface area (Å²) < 4.78 is 1.52. The molecule has 0 bridgehead atoms. The van der Waals surface area contributed by atoms with Crippen LogP contribution in [0.5, 0.6) is 0 Å². The predicted molar refractivity (Wildman–Crippen MR) is 97.1 cm³/mol. The van der Waals surface area contributed by atoms with Crippen LogP contribution in [0, 0.1) is 11.3 Å². The van der Waals surface area contributed by atoms with Crippen molar-refractivity contribution in [2.75, 3.05) is 19.7 Å². The highest BCUT2D eigenvalue weighted by Crippen LogP contribution is 2.68. The standard InChI is InChI=1S/C20H20N4O3/c25-11-14-18(13-5-2-1-3-6-13)20(14)12-23(10-16(20)26)19(27)15-9-21-17-7-4-8-22-24(15)17/h1-9,14,16,18,25-26H,10-12H2/t14-,16-,18-,20-/m1/s1. The fourth-order valence-corrected chi connectivity index (χ4v) is 4.86. The fraction of sp³-hybridized carbons (Fsp3) is 0.350. The third kappa shape index (κ3) is 2.25. The van der Waals surface area contributed by atoms with Crippen LogP contribution in [0.15, 0.2) is 54.9 Å². The van der Waals surface area contributed by atoms with Gasteiger partial charge in [-0.25, -0.2) is 9.50 Å². The Bertz CT molecular complexity index is 1000. The summed E-state index contributed by atoms with van der Waals surface area (Å²) in [5.74, 6) is -0.197. The van der Waals surface area contributed by atoms with Crippen molar-refractivity contribution in [3.05, 3.63) is 66.1 Å². The van der Waals surface area contributed by atoms with E-state index in [2.05, 4.69) is 10.1 Å². The van der Waals surface area contributed by atoms with Crippen molar-refractivity contribution in [3.63, 3.8) is 0 Å². The Labute approximate surface area is 155 Å². The van der Waals surface area contributed by atoms with Crippen LogP contribution in [0.2, 0.25) is 0 Å². The molecule has 3 aromatic rings. The predicted octanol–water partition coefficient (Wildman–Crippen LogP) is 0.938. The number of hydrogen-bond donors (Lipinski definition) is 2. The molecule has 1 saturated heterocycles. The Morgan fingerprint density at radius 2 is 2.04 bits per heavy atom. The van der Waals surface area contributed by atoms with Gasteiger partial charge in [0.25, 0.3) is 5.91 Å². The summed E-state index contributed by atoms with van der Waals surface area (Å²) >= 11 is 0. The Morgan fingerprint density at radius 1 is 1.22 bits per heavy atom. The topological polar surface area (TPSA) is 91.0 Å². The number of aliphatic hydroxyl groups is 2. The summed E-state index contributed by atoms with van der Waals surface area (Å²) in [6.07, 6.45) is 2.46. The molecule has 7 nitrogen and oxygen atoms in total. The molecule has 4 atom stereocenters. The Balaban J connectivity index is 1.45. The summed E-state index contributed by atoms with van der Waals surface area (Å²) in [5.41, 5.74) is 1.60. The molecule has 1 amide bonds. The maximum absolute atomic E-state index is 13.1. The number of benzene rings is 1. The lowest BCUT2D eigenvalue weighted by molar-refractivity contribution is 0.0756. The van der Waals surface area contributed by atoms with Crippen LogP contribution in [0.25, 0.3) is 5.65 Å². The second-order valence-corrected chi connectivity index (χ2v) is 7.43. The molecule has 0 radical (unpaired) electrons. The van der Waals surface area contributed by atoms with Crippen LogP contribution in [-0.4, -0.2) is 61.4 Å². The van der Waals surface area contributed by atoms with E-state index in [1.54, 1.807) is 23.2 Å². The number of hydrogen-bond acceptors (Lipinski definition) is 5. The van der Waals surface area contributed by atoms with Gasteiger partial charge < -0.3 is 15.1 Å². The number of likely N-dealkylation sites (tertiary alicyclic amines) is 1. The van der Waals surface area contributed by atoms with E-state index >= 15 is 0 Å². The van der Waals surface area contributed by atoms with Crippen LogP contribution < -0.4 is 0 Å². The molecule has 2 fully saturated rings. The van der Waals surface area contributed by atoms with E-state index in [0.29, 0.717) is 17.9 Å². The van der Waals surface area contributed by atoms with Crippen molar-refractivity contribution in [2.24, 2.45) is 11.3 Å². The fourth-order valence-electron chi connectivity index (χ4n) is 4.86. The van der Waals surface area contributed by atoms with Crippen molar-refractivity contribution < 1.29 is 15.0 Å². The molecule has 0 unspecified atom stereocenters. The Hall–Kier alpha value is -2.77. The number of nitrogens with zero attached hydrogens (tertiary/aromatic N) is 4. The first-order chi connectivity index (χ1) is 13.2. The van der Waals surface area contributed by atoms with Gasteiger partial charge in [0, 0.05) is 31.3 Å². The maximum atomic E-state index is 13.1. The number of carbonyl (C=O) groups excluding carboxylic acids is 1. The number of imidazole rings is 1. The van der Waals surface area contributed by atoms with Crippen LogP contribution in [-0.2, 0) is 0 Å². The van der Waals surface area contributed by atoms with Gasteiger partial charge in [-0.15, -0.1) is 0 Å². The molecule has 3 heterocycles. The van der Waals surface area contributed by atoms with E-state index in [4.69, 9.17) is 0 Å². The van der Waals surface area contributed by atoms with E-state index in [-0.39, 0.29) is 30.9 Å². The second-order valence-electron chi connectivity index (χ2n) is 7.43. The number of amides is 1. The van der Waals surface area contributed by atoms with Crippen LogP contribution in [0.4, 0.5) is 0 Å². The Morgan fingerprint density at radius 3 is 2.81 bits per heavy atom. The monoisotopic (exact) mass is 364 g/mol. The number of aliphatic hydroxyl groups excluding tert-OH is 2. The molecule has 138 valence electrons. The first kappa shape index (κ1) is 16.4. The van der Waals surface area contributed by atoms with Crippen LogP contribution in [0.1, 0.15) is 22.0 Å². The SMILES string of the molecule is O=C(c1cnc2cccnn12)N1C[C@@H](O)[C@@]2(C1)[C@H](CO)[C@H]2c1ccccc1. The first-order valence-corrected chi connectivity index (χ1v) is 9.08. The molecule has 7 heteroatoms. The number of rotatable bonds is 3. The molecular formula is C20H20N4O3. The highest BCUT2D eigenvalue weighted by Gasteiger charge is 2.71. The van der Waals surface area contributed by atoms with Crippen molar-refractivity contribution in [2.45, 2.75) is 12.0 Å². The summed E-state index contributed by atoms with van der Waals surface area (Å²) in [6, 6.07) is 13.5. The van der Waals surface area contributed by atoms with Gasteiger partial charge in [-0.3, -0.25) is 4.79 Å². The molecule has 27 heavy (non-hydrogen) atoms. The van der Waals surface area contributed by atoms with Crippen LogP contribution >= 0.6 is 0 Å². The summed E-state index contributed by atoms with van der Waals surface area (Å²) in [6.45, 7) is 0.659. The molecule has 2 N–H and O–H groups in total. The van der Waals surface area contributed by atoms with Gasteiger partial charge in [-0.05, 0) is 29.5 Å². The van der Waals surface area contributed by atoms with Gasteiger partial charge in [0.1, 0.15) is 0 Å². The zero-order valence-electron chi connectivity index (χ0n) is 14.6. The molecule has 1 spiro atoms. The second kappa shape index (κ2) is 5.87. The third-order valence-electron chi connectivity index (χ3n) is 6.18. The Kier molecular flexibility index (Phi) is 3.57. The van der Waals surface area contributed by atoms with Crippen molar-refractivity contribution in [1.29, 1.82) is 0 Å². The lowest BCUT2D eigenvalue weighted by Crippen LogP contribution is -2.31. The number of carbonyl (C=O) groups is 1. The number of fused-ring (bicyclic) bond motifs is 1. The molecule has 1 aliphatic carbocycles. The van der Waals surface area contributed by atoms with Gasteiger partial charge >= 0.3 is 0 Å². The number of aromatic nitrogens is 3. The molecule has 1 aromatic carbocycles. The van der Waals surface area contributed by atoms with Gasteiger partial charge in [0.2, 0.25) is 0 Å². The van der Waals surface area contributed by atoms with Gasteiger partial charge in [0.15, 0.2) is 11.3 Å². The first-order valence-electron chi connectivity index (χ1n) is 9.08. The number of β-amino-alcohol motifs (C(OH)–C–C–N with tert-alkyl or cyclic N) is 1. The van der Waals surface area contributed by atoms with E-state index in [0.717, 1.165) is 5.56 Å². The van der Waals surface area contributed by atoms with Crippen molar-refractivity contribution >= 4 is 11.6 Å². The average Bonchev–Trinajstić information content (AvgIpc) is 2.96. The largest absolute Gasteiger partial charge is 0.396 e. The van der Waals surface area contributed by atoms with Gasteiger partial charge in [0.05, 0.1) is 12.3 Å². The lowest BCUT2D eigenvalue weighted by atomic mass is 9.95. The summed E-state index contributed by atoms with van der Waals surface area (Å²) in [7, 11) is 0.